The molecule has 2 heterocycles. The van der Waals surface area contributed by atoms with Gasteiger partial charge in [-0.05, 0) is 30.0 Å². The number of sulfonamides is 1. The van der Waals surface area contributed by atoms with Crippen LogP contribution < -0.4 is 4.72 Å². The summed E-state index contributed by atoms with van der Waals surface area (Å²) in [5.74, 6) is 0.0301. The summed E-state index contributed by atoms with van der Waals surface area (Å²) < 4.78 is 28.5. The van der Waals surface area contributed by atoms with Crippen molar-refractivity contribution < 1.29 is 13.5 Å². The second-order valence-corrected chi connectivity index (χ2v) is 10.00. The first-order valence-corrected chi connectivity index (χ1v) is 11.0. The van der Waals surface area contributed by atoms with Crippen molar-refractivity contribution in [3.05, 3.63) is 53.1 Å². The van der Waals surface area contributed by atoms with Gasteiger partial charge in [-0.25, -0.2) is 13.4 Å². The van der Waals surface area contributed by atoms with Gasteiger partial charge in [0.1, 0.15) is 16.3 Å². The molecule has 0 radical (unpaired) electrons. The van der Waals surface area contributed by atoms with E-state index in [9.17, 15) is 13.5 Å². The van der Waals surface area contributed by atoms with Gasteiger partial charge in [0.25, 0.3) is 10.0 Å². The number of hydrogen-bond acceptors (Lipinski definition) is 7. The van der Waals surface area contributed by atoms with Crippen molar-refractivity contribution in [1.82, 2.24) is 15.2 Å². The average Bonchev–Trinajstić information content (AvgIpc) is 3.31. The Kier molecular flexibility index (Phi) is 4.72. The summed E-state index contributed by atoms with van der Waals surface area (Å²) in [6, 6.07) is 11.5. The number of phenolic OH excluding ortho intramolecular Hbond substituents is 1. The molecule has 138 valence electrons. The highest BCUT2D eigenvalue weighted by Crippen LogP contribution is 2.42. The van der Waals surface area contributed by atoms with E-state index in [1.54, 1.807) is 30.3 Å². The molecular weight excluding hydrogens is 428 g/mol. The van der Waals surface area contributed by atoms with Crippen LogP contribution in [0.2, 0.25) is 4.34 Å². The van der Waals surface area contributed by atoms with Crippen LogP contribution >= 0.6 is 34.7 Å². The number of rotatable bonds is 5. The molecule has 0 fully saturated rings. The summed E-state index contributed by atoms with van der Waals surface area (Å²) in [5, 5.41) is 18.6. The van der Waals surface area contributed by atoms with Crippen LogP contribution in [0, 0.1) is 0 Å². The van der Waals surface area contributed by atoms with Gasteiger partial charge < -0.3 is 5.11 Å². The van der Waals surface area contributed by atoms with E-state index in [-0.39, 0.29) is 9.96 Å². The van der Waals surface area contributed by atoms with E-state index < -0.39 is 10.0 Å². The zero-order valence-corrected chi connectivity index (χ0v) is 16.6. The number of nitrogens with one attached hydrogen (secondary N) is 2. The average molecular weight is 439 g/mol. The Morgan fingerprint density at radius 2 is 1.96 bits per heavy atom. The topological polar surface area (TPSA) is 108 Å². The van der Waals surface area contributed by atoms with Gasteiger partial charge in [-0.1, -0.05) is 35.9 Å². The molecule has 4 rings (SSSR count). The molecule has 7 nitrogen and oxygen atoms in total. The molecule has 0 unspecified atom stereocenters. The van der Waals surface area contributed by atoms with Crippen LogP contribution in [-0.2, 0) is 10.0 Å². The number of H-pyrrole nitrogens is 1. The van der Waals surface area contributed by atoms with Gasteiger partial charge in [-0.15, -0.1) is 16.4 Å². The van der Waals surface area contributed by atoms with Gasteiger partial charge in [0.15, 0.2) is 0 Å². The quantitative estimate of drug-likeness (QED) is 0.400. The zero-order valence-electron chi connectivity index (χ0n) is 13.4. The third-order valence-electron chi connectivity index (χ3n) is 3.63. The highest BCUT2D eigenvalue weighted by molar-refractivity contribution is 7.99. The molecule has 2 aromatic carbocycles. The summed E-state index contributed by atoms with van der Waals surface area (Å²) in [6.07, 6.45) is 1.42. The van der Waals surface area contributed by atoms with E-state index in [1.807, 2.05) is 0 Å². The fraction of sp³-hybridized carbons (Fsp3) is 0. The van der Waals surface area contributed by atoms with Gasteiger partial charge in [0.05, 0.1) is 14.9 Å². The Balaban J connectivity index is 1.83. The molecule has 0 saturated carbocycles. The second kappa shape index (κ2) is 7.04. The Labute approximate surface area is 167 Å². The van der Waals surface area contributed by atoms with Gasteiger partial charge in [-0.3, -0.25) is 9.82 Å². The van der Waals surface area contributed by atoms with Crippen molar-refractivity contribution in [2.75, 3.05) is 4.72 Å². The third-order valence-corrected chi connectivity index (χ3v) is 7.63. The van der Waals surface area contributed by atoms with Crippen molar-refractivity contribution in [2.24, 2.45) is 0 Å². The van der Waals surface area contributed by atoms with Crippen LogP contribution in [0.5, 0.6) is 5.75 Å². The first-order valence-electron chi connectivity index (χ1n) is 7.50. The number of hydrogen-bond donors (Lipinski definition) is 3. The minimum Gasteiger partial charge on any atom is -0.506 e. The van der Waals surface area contributed by atoms with E-state index in [0.717, 1.165) is 23.1 Å². The van der Waals surface area contributed by atoms with Crippen molar-refractivity contribution in [3.63, 3.8) is 0 Å². The van der Waals surface area contributed by atoms with E-state index in [4.69, 9.17) is 11.6 Å². The third kappa shape index (κ3) is 3.61. The van der Waals surface area contributed by atoms with Gasteiger partial charge >= 0.3 is 0 Å². The van der Waals surface area contributed by atoms with Crippen LogP contribution in [0.15, 0.2) is 63.1 Å². The van der Waals surface area contributed by atoms with Crippen LogP contribution in [0.25, 0.3) is 10.8 Å². The second-order valence-electron chi connectivity index (χ2n) is 5.36. The van der Waals surface area contributed by atoms with E-state index in [0.29, 0.717) is 30.8 Å². The van der Waals surface area contributed by atoms with Crippen LogP contribution in [0.4, 0.5) is 5.69 Å². The van der Waals surface area contributed by atoms with Gasteiger partial charge in [0, 0.05) is 10.8 Å². The van der Waals surface area contributed by atoms with Crippen LogP contribution in [0.1, 0.15) is 0 Å². The van der Waals surface area contributed by atoms with Crippen molar-refractivity contribution in [3.8, 4) is 5.75 Å². The molecule has 0 aliphatic rings. The predicted molar refractivity (Wildman–Crippen MR) is 106 cm³/mol. The first-order chi connectivity index (χ1) is 12.9. The lowest BCUT2D eigenvalue weighted by molar-refractivity contribution is 0.469. The largest absolute Gasteiger partial charge is 0.506 e. The number of benzene rings is 2. The fourth-order valence-corrected chi connectivity index (χ4v) is 5.82. The molecule has 27 heavy (non-hydrogen) atoms. The summed E-state index contributed by atoms with van der Waals surface area (Å²) >= 11 is 7.95. The molecule has 0 atom stereocenters. The molecule has 2 aromatic heterocycles. The van der Waals surface area contributed by atoms with Crippen molar-refractivity contribution >= 4 is 61.2 Å². The van der Waals surface area contributed by atoms with Gasteiger partial charge in [-0.2, -0.15) is 0 Å². The molecule has 0 bridgehead atoms. The lowest BCUT2D eigenvalue weighted by atomic mass is 10.1. The summed E-state index contributed by atoms with van der Waals surface area (Å²) in [7, 11) is -3.82. The molecule has 0 saturated heterocycles. The highest BCUT2D eigenvalue weighted by Gasteiger charge is 2.20. The monoisotopic (exact) mass is 438 g/mol. The Hall–Kier alpha value is -2.27. The molecule has 0 aliphatic carbocycles. The molecule has 11 heteroatoms. The van der Waals surface area contributed by atoms with Crippen molar-refractivity contribution in [2.45, 2.75) is 14.3 Å². The number of phenols is 1. The number of aromatic hydroxyl groups is 1. The molecule has 4 aromatic rings. The minimum atomic E-state index is -3.82. The normalized spacial score (nSPS) is 11.7. The maximum Gasteiger partial charge on any atom is 0.271 e. The first kappa shape index (κ1) is 18.1. The van der Waals surface area contributed by atoms with E-state index >= 15 is 0 Å². The number of nitrogens with zero attached hydrogens (tertiary/aromatic N) is 2. The number of anilines is 1. The highest BCUT2D eigenvalue weighted by atomic mass is 35.5. The number of fused-ring (bicyclic) bond motifs is 1. The Morgan fingerprint density at radius 1 is 1.19 bits per heavy atom. The Bertz CT molecular complexity index is 1220. The summed E-state index contributed by atoms with van der Waals surface area (Å²) in [4.78, 5) is 4.45. The van der Waals surface area contributed by atoms with Crippen molar-refractivity contribution in [1.29, 1.82) is 0 Å². The molecular formula is C16H11ClN4O3S3. The lowest BCUT2D eigenvalue weighted by Crippen LogP contribution is -2.11. The van der Waals surface area contributed by atoms with Crippen LogP contribution in [-0.4, -0.2) is 28.7 Å². The molecule has 0 spiro atoms. The van der Waals surface area contributed by atoms with E-state index in [2.05, 4.69) is 19.9 Å². The minimum absolute atomic E-state index is 0.0301. The summed E-state index contributed by atoms with van der Waals surface area (Å²) in [6.45, 7) is 0. The predicted octanol–water partition coefficient (Wildman–Crippen LogP) is 4.33. The lowest BCUT2D eigenvalue weighted by Gasteiger charge is -2.13. The fourth-order valence-electron chi connectivity index (χ4n) is 2.48. The SMILES string of the molecule is O=S(=O)(Nc1cc(Sc2nc[nH]n2)c(O)c2ccccc12)c1ccc(Cl)s1. The van der Waals surface area contributed by atoms with Gasteiger partial charge in [0.2, 0.25) is 5.16 Å². The summed E-state index contributed by atoms with van der Waals surface area (Å²) in [5.41, 5.74) is 0.339. The number of aromatic amines is 1. The number of thiophene rings is 1. The smallest absolute Gasteiger partial charge is 0.271 e. The molecule has 0 amide bonds. The zero-order chi connectivity index (χ0) is 19.0. The van der Waals surface area contributed by atoms with E-state index in [1.165, 1.54) is 18.5 Å². The number of aromatic nitrogens is 3. The van der Waals surface area contributed by atoms with Crippen LogP contribution in [0.3, 0.4) is 0 Å². The molecule has 3 N–H and O–H groups in total. The molecule has 0 aliphatic heterocycles. The maximum atomic E-state index is 12.7. The maximum absolute atomic E-state index is 12.7. The number of halogens is 1. The Morgan fingerprint density at radius 3 is 2.63 bits per heavy atom. The standard InChI is InChI=1S/C16H11ClN4O3S3/c17-13-5-6-14(26-13)27(23,24)21-11-7-12(25-16-18-8-19-20-16)15(22)10-4-2-1-3-9(10)11/h1-8,21-22H,(H,18,19,20).